The molecule has 0 spiro atoms. The molecular formula is C11H21F3N2. The van der Waals surface area contributed by atoms with Crippen LogP contribution in [0, 0.1) is 0 Å². The third kappa shape index (κ3) is 4.29. The molecule has 1 heterocycles. The van der Waals surface area contributed by atoms with E-state index in [4.69, 9.17) is 0 Å². The standard InChI is InChI=1S/C11H21F3N2/c1-3-5-10-6-15-9(4-2)7-16(10)8-11(12,13)14/h9-10,15H,3-8H2,1-2H3. The Hall–Kier alpha value is -0.290. The van der Waals surface area contributed by atoms with Crippen LogP contribution < -0.4 is 5.32 Å². The van der Waals surface area contributed by atoms with Crippen LogP contribution in [0.3, 0.4) is 0 Å². The molecular weight excluding hydrogens is 217 g/mol. The van der Waals surface area contributed by atoms with E-state index in [2.05, 4.69) is 5.32 Å². The van der Waals surface area contributed by atoms with Gasteiger partial charge in [-0.05, 0) is 12.8 Å². The van der Waals surface area contributed by atoms with Gasteiger partial charge in [-0.15, -0.1) is 0 Å². The minimum absolute atomic E-state index is 0.0365. The van der Waals surface area contributed by atoms with Gasteiger partial charge in [-0.2, -0.15) is 13.2 Å². The van der Waals surface area contributed by atoms with E-state index in [1.165, 1.54) is 0 Å². The molecule has 1 aliphatic rings. The van der Waals surface area contributed by atoms with Gasteiger partial charge >= 0.3 is 6.18 Å². The highest BCUT2D eigenvalue weighted by molar-refractivity contribution is 4.86. The lowest BCUT2D eigenvalue weighted by molar-refractivity contribution is -0.154. The maximum Gasteiger partial charge on any atom is 0.401 e. The molecule has 0 bridgehead atoms. The zero-order chi connectivity index (χ0) is 12.2. The third-order valence-corrected chi connectivity index (χ3v) is 3.11. The van der Waals surface area contributed by atoms with E-state index in [-0.39, 0.29) is 12.1 Å². The van der Waals surface area contributed by atoms with Crippen LogP contribution in [0.25, 0.3) is 0 Å². The Balaban J connectivity index is 2.56. The summed E-state index contributed by atoms with van der Waals surface area (Å²) in [4.78, 5) is 1.59. The molecule has 0 aromatic carbocycles. The van der Waals surface area contributed by atoms with Crippen LogP contribution in [-0.2, 0) is 0 Å². The summed E-state index contributed by atoms with van der Waals surface area (Å²) in [6, 6.07) is 0.241. The molecule has 2 unspecified atom stereocenters. The summed E-state index contributed by atoms with van der Waals surface area (Å²) < 4.78 is 37.3. The fourth-order valence-electron chi connectivity index (χ4n) is 2.24. The van der Waals surface area contributed by atoms with Gasteiger partial charge in [0.2, 0.25) is 0 Å². The number of hydrogen-bond donors (Lipinski definition) is 1. The molecule has 0 amide bonds. The first-order valence-electron chi connectivity index (χ1n) is 6.00. The van der Waals surface area contributed by atoms with Crippen molar-refractivity contribution in [1.82, 2.24) is 10.2 Å². The van der Waals surface area contributed by atoms with Crippen LogP contribution in [-0.4, -0.2) is 42.8 Å². The van der Waals surface area contributed by atoms with Gasteiger partial charge in [0.1, 0.15) is 0 Å². The zero-order valence-corrected chi connectivity index (χ0v) is 9.98. The Morgan fingerprint density at radius 1 is 1.31 bits per heavy atom. The Morgan fingerprint density at radius 2 is 2.00 bits per heavy atom. The van der Waals surface area contributed by atoms with Crippen LogP contribution in [0.4, 0.5) is 13.2 Å². The van der Waals surface area contributed by atoms with Gasteiger partial charge in [-0.1, -0.05) is 20.3 Å². The lowest BCUT2D eigenvalue weighted by atomic mass is 10.0. The van der Waals surface area contributed by atoms with Gasteiger partial charge in [0.05, 0.1) is 6.54 Å². The number of nitrogens with zero attached hydrogens (tertiary/aromatic N) is 1. The second-order valence-corrected chi connectivity index (χ2v) is 4.50. The zero-order valence-electron chi connectivity index (χ0n) is 9.98. The third-order valence-electron chi connectivity index (χ3n) is 3.11. The number of alkyl halides is 3. The van der Waals surface area contributed by atoms with Crippen molar-refractivity contribution in [3.05, 3.63) is 0 Å². The van der Waals surface area contributed by atoms with Gasteiger partial charge < -0.3 is 5.32 Å². The number of hydrogen-bond acceptors (Lipinski definition) is 2. The second kappa shape index (κ2) is 5.87. The fraction of sp³-hybridized carbons (Fsp3) is 1.00. The van der Waals surface area contributed by atoms with Gasteiger partial charge in [0.15, 0.2) is 0 Å². The summed E-state index contributed by atoms with van der Waals surface area (Å²) in [7, 11) is 0. The van der Waals surface area contributed by atoms with E-state index >= 15 is 0 Å². The largest absolute Gasteiger partial charge is 0.401 e. The normalized spacial score (nSPS) is 28.3. The summed E-state index contributed by atoms with van der Waals surface area (Å²) in [5.74, 6) is 0. The Bertz CT molecular complexity index is 206. The van der Waals surface area contributed by atoms with Crippen molar-refractivity contribution in [1.29, 1.82) is 0 Å². The molecule has 0 saturated carbocycles. The summed E-state index contributed by atoms with van der Waals surface area (Å²) in [6.45, 7) is 4.44. The average Bonchev–Trinajstić information content (AvgIpc) is 2.18. The number of halogens is 3. The molecule has 2 nitrogen and oxygen atoms in total. The van der Waals surface area contributed by atoms with Crippen LogP contribution >= 0.6 is 0 Å². The number of rotatable bonds is 4. The quantitative estimate of drug-likeness (QED) is 0.809. The highest BCUT2D eigenvalue weighted by Crippen LogP contribution is 2.21. The monoisotopic (exact) mass is 238 g/mol. The molecule has 2 atom stereocenters. The van der Waals surface area contributed by atoms with Crippen LogP contribution in [0.5, 0.6) is 0 Å². The SMILES string of the molecule is CCCC1CNC(CC)CN1CC(F)(F)F. The van der Waals surface area contributed by atoms with E-state index in [0.29, 0.717) is 13.1 Å². The molecule has 0 radical (unpaired) electrons. The molecule has 0 aromatic rings. The molecule has 1 rings (SSSR count). The van der Waals surface area contributed by atoms with Crippen molar-refractivity contribution in [2.45, 2.75) is 51.4 Å². The summed E-state index contributed by atoms with van der Waals surface area (Å²) in [5.41, 5.74) is 0. The molecule has 1 aliphatic heterocycles. The first kappa shape index (κ1) is 13.8. The van der Waals surface area contributed by atoms with Gasteiger partial charge in [-0.25, -0.2) is 0 Å². The van der Waals surface area contributed by atoms with E-state index < -0.39 is 12.7 Å². The molecule has 1 saturated heterocycles. The highest BCUT2D eigenvalue weighted by atomic mass is 19.4. The topological polar surface area (TPSA) is 15.3 Å². The predicted molar refractivity (Wildman–Crippen MR) is 58.4 cm³/mol. The van der Waals surface area contributed by atoms with Crippen molar-refractivity contribution >= 4 is 0 Å². The van der Waals surface area contributed by atoms with Gasteiger partial charge in [0.25, 0.3) is 0 Å². The molecule has 1 fully saturated rings. The first-order valence-corrected chi connectivity index (χ1v) is 6.00. The fourth-order valence-corrected chi connectivity index (χ4v) is 2.24. The maximum atomic E-state index is 12.4. The molecule has 0 aromatic heterocycles. The van der Waals surface area contributed by atoms with Gasteiger partial charge in [0, 0.05) is 25.2 Å². The van der Waals surface area contributed by atoms with Crippen molar-refractivity contribution in [3.8, 4) is 0 Å². The lowest BCUT2D eigenvalue weighted by Gasteiger charge is -2.40. The predicted octanol–water partition coefficient (Wildman–Crippen LogP) is 2.40. The van der Waals surface area contributed by atoms with Crippen molar-refractivity contribution in [2.24, 2.45) is 0 Å². The van der Waals surface area contributed by atoms with Crippen molar-refractivity contribution < 1.29 is 13.2 Å². The first-order chi connectivity index (χ1) is 7.46. The van der Waals surface area contributed by atoms with E-state index in [0.717, 1.165) is 19.3 Å². The van der Waals surface area contributed by atoms with Gasteiger partial charge in [-0.3, -0.25) is 4.90 Å². The highest BCUT2D eigenvalue weighted by Gasteiger charge is 2.36. The van der Waals surface area contributed by atoms with Crippen LogP contribution in [0.15, 0.2) is 0 Å². The van der Waals surface area contributed by atoms with E-state index in [9.17, 15) is 13.2 Å². The summed E-state index contributed by atoms with van der Waals surface area (Å²) >= 11 is 0. The van der Waals surface area contributed by atoms with Crippen molar-refractivity contribution in [3.63, 3.8) is 0 Å². The van der Waals surface area contributed by atoms with Crippen molar-refractivity contribution in [2.75, 3.05) is 19.6 Å². The Labute approximate surface area is 95.2 Å². The average molecular weight is 238 g/mol. The second-order valence-electron chi connectivity index (χ2n) is 4.50. The molecule has 0 aliphatic carbocycles. The molecule has 96 valence electrons. The van der Waals surface area contributed by atoms with Crippen LogP contribution in [0.2, 0.25) is 0 Å². The van der Waals surface area contributed by atoms with E-state index in [1.54, 1.807) is 4.90 Å². The Kier molecular flexibility index (Phi) is 5.05. The lowest BCUT2D eigenvalue weighted by Crippen LogP contribution is -2.58. The van der Waals surface area contributed by atoms with Crippen LogP contribution in [0.1, 0.15) is 33.1 Å². The Morgan fingerprint density at radius 3 is 2.50 bits per heavy atom. The molecule has 16 heavy (non-hydrogen) atoms. The maximum absolute atomic E-state index is 12.4. The molecule has 5 heteroatoms. The molecule has 1 N–H and O–H groups in total. The number of piperazine rings is 1. The number of nitrogens with one attached hydrogen (secondary N) is 1. The minimum Gasteiger partial charge on any atom is -0.311 e. The summed E-state index contributed by atoms with van der Waals surface area (Å²) in [6.07, 6.45) is -1.44. The van der Waals surface area contributed by atoms with E-state index in [1.807, 2.05) is 13.8 Å². The minimum atomic E-state index is -4.08. The summed E-state index contributed by atoms with van der Waals surface area (Å²) in [5, 5.41) is 3.31. The smallest absolute Gasteiger partial charge is 0.311 e.